The number of carboxylic acid groups (broad SMARTS) is 1. The first kappa shape index (κ1) is 21.4. The monoisotopic (exact) mass is 431 g/mol. The highest BCUT2D eigenvalue weighted by atomic mass is 16.6. The molecule has 1 atom stereocenters. The Bertz CT molecular complexity index is 1030. The molecule has 3 aromatic carbocycles. The SMILES string of the molecule is O=C(O)COc1cccc2c1CCC(NC(=O)OC(c1ccccc1)c1ccccc1)C2. The molecule has 1 amide bonds. The van der Waals surface area contributed by atoms with Crippen LogP contribution < -0.4 is 10.1 Å². The van der Waals surface area contributed by atoms with Crippen molar-refractivity contribution >= 4 is 12.1 Å². The molecule has 164 valence electrons. The Morgan fingerprint density at radius 3 is 2.22 bits per heavy atom. The molecule has 1 aliphatic rings. The standard InChI is InChI=1S/C26H25NO5/c28-24(29)17-31-23-13-7-12-20-16-21(14-15-22(20)23)27-26(30)32-25(18-8-3-1-4-9-18)19-10-5-2-6-11-19/h1-13,21,25H,14-17H2,(H,27,30)(H,28,29). The highest BCUT2D eigenvalue weighted by molar-refractivity contribution is 5.69. The molecule has 0 spiro atoms. The summed E-state index contributed by atoms with van der Waals surface area (Å²) in [5.74, 6) is -0.411. The van der Waals surface area contributed by atoms with Crippen molar-refractivity contribution in [3.8, 4) is 5.75 Å². The molecule has 0 radical (unpaired) electrons. The number of carboxylic acids is 1. The van der Waals surface area contributed by atoms with Crippen LogP contribution in [0.1, 0.15) is 34.8 Å². The molecule has 1 unspecified atom stereocenters. The molecule has 6 nitrogen and oxygen atoms in total. The van der Waals surface area contributed by atoms with Crippen LogP contribution in [0.5, 0.6) is 5.75 Å². The van der Waals surface area contributed by atoms with Gasteiger partial charge >= 0.3 is 12.1 Å². The van der Waals surface area contributed by atoms with E-state index in [1.165, 1.54) is 0 Å². The van der Waals surface area contributed by atoms with Crippen LogP contribution in [0.2, 0.25) is 0 Å². The van der Waals surface area contributed by atoms with E-state index in [-0.39, 0.29) is 12.6 Å². The maximum absolute atomic E-state index is 12.8. The predicted octanol–water partition coefficient (Wildman–Crippen LogP) is 4.52. The van der Waals surface area contributed by atoms with Crippen LogP contribution in [-0.4, -0.2) is 29.8 Å². The van der Waals surface area contributed by atoms with E-state index >= 15 is 0 Å². The zero-order valence-corrected chi connectivity index (χ0v) is 17.6. The second kappa shape index (κ2) is 10.0. The Balaban J connectivity index is 1.43. The summed E-state index contributed by atoms with van der Waals surface area (Å²) in [5, 5.41) is 11.9. The summed E-state index contributed by atoms with van der Waals surface area (Å²) in [6.45, 7) is -0.370. The third-order valence-electron chi connectivity index (χ3n) is 5.54. The average Bonchev–Trinajstić information content (AvgIpc) is 2.82. The largest absolute Gasteiger partial charge is 0.482 e. The lowest BCUT2D eigenvalue weighted by molar-refractivity contribution is -0.139. The number of benzene rings is 3. The lowest BCUT2D eigenvalue weighted by atomic mass is 9.88. The topological polar surface area (TPSA) is 84.9 Å². The summed E-state index contributed by atoms with van der Waals surface area (Å²) in [7, 11) is 0. The maximum Gasteiger partial charge on any atom is 0.408 e. The molecule has 0 heterocycles. The third kappa shape index (κ3) is 5.27. The Hall–Kier alpha value is -3.80. The second-order valence-electron chi connectivity index (χ2n) is 7.77. The summed E-state index contributed by atoms with van der Waals surface area (Å²) in [4.78, 5) is 23.6. The molecule has 6 heteroatoms. The van der Waals surface area contributed by atoms with Gasteiger partial charge in [-0.1, -0.05) is 72.8 Å². The van der Waals surface area contributed by atoms with Gasteiger partial charge in [0.2, 0.25) is 0 Å². The molecular weight excluding hydrogens is 406 g/mol. The molecular formula is C26H25NO5. The fourth-order valence-corrected chi connectivity index (χ4v) is 4.06. The summed E-state index contributed by atoms with van der Waals surface area (Å²) < 4.78 is 11.3. The minimum Gasteiger partial charge on any atom is -0.482 e. The number of aliphatic carboxylic acids is 1. The van der Waals surface area contributed by atoms with E-state index in [1.807, 2.05) is 72.8 Å². The van der Waals surface area contributed by atoms with Crippen molar-refractivity contribution in [2.45, 2.75) is 31.4 Å². The van der Waals surface area contributed by atoms with Gasteiger partial charge in [-0.3, -0.25) is 0 Å². The fourth-order valence-electron chi connectivity index (χ4n) is 4.06. The van der Waals surface area contributed by atoms with Crippen molar-refractivity contribution in [3.05, 3.63) is 101 Å². The van der Waals surface area contributed by atoms with Gasteiger partial charge in [-0.25, -0.2) is 9.59 Å². The van der Waals surface area contributed by atoms with E-state index < -0.39 is 18.2 Å². The van der Waals surface area contributed by atoms with E-state index in [2.05, 4.69) is 5.32 Å². The molecule has 0 saturated heterocycles. The smallest absolute Gasteiger partial charge is 0.408 e. The Morgan fingerprint density at radius 1 is 0.938 bits per heavy atom. The van der Waals surface area contributed by atoms with Crippen molar-refractivity contribution in [3.63, 3.8) is 0 Å². The summed E-state index contributed by atoms with van der Waals surface area (Å²) in [6.07, 6.45) is 1.09. The molecule has 4 rings (SSSR count). The van der Waals surface area contributed by atoms with Crippen molar-refractivity contribution in [2.24, 2.45) is 0 Å². The molecule has 0 saturated carbocycles. The number of fused-ring (bicyclic) bond motifs is 1. The number of hydrogen-bond acceptors (Lipinski definition) is 4. The lowest BCUT2D eigenvalue weighted by Gasteiger charge is -2.27. The molecule has 0 aliphatic heterocycles. The third-order valence-corrected chi connectivity index (χ3v) is 5.54. The molecule has 1 aliphatic carbocycles. The van der Waals surface area contributed by atoms with Crippen molar-refractivity contribution in [2.75, 3.05) is 6.61 Å². The van der Waals surface area contributed by atoms with Gasteiger partial charge in [0.15, 0.2) is 12.7 Å². The normalized spacial score (nSPS) is 15.0. The molecule has 0 fully saturated rings. The van der Waals surface area contributed by atoms with Crippen LogP contribution in [0.25, 0.3) is 0 Å². The minimum atomic E-state index is -1.01. The average molecular weight is 431 g/mol. The quantitative estimate of drug-likeness (QED) is 0.574. The van der Waals surface area contributed by atoms with Gasteiger partial charge in [-0.15, -0.1) is 0 Å². The van der Waals surface area contributed by atoms with Crippen LogP contribution in [0.4, 0.5) is 4.79 Å². The first-order chi connectivity index (χ1) is 15.6. The first-order valence-corrected chi connectivity index (χ1v) is 10.6. The van der Waals surface area contributed by atoms with Gasteiger partial charge in [0, 0.05) is 6.04 Å². The zero-order valence-electron chi connectivity index (χ0n) is 17.6. The Kier molecular flexibility index (Phi) is 6.70. The highest BCUT2D eigenvalue weighted by Crippen LogP contribution is 2.30. The van der Waals surface area contributed by atoms with Crippen LogP contribution >= 0.6 is 0 Å². The summed E-state index contributed by atoms with van der Waals surface area (Å²) in [6, 6.07) is 24.9. The van der Waals surface area contributed by atoms with Crippen LogP contribution in [0, 0.1) is 0 Å². The fraction of sp³-hybridized carbons (Fsp3) is 0.231. The van der Waals surface area contributed by atoms with Crippen molar-refractivity contribution in [1.29, 1.82) is 0 Å². The van der Waals surface area contributed by atoms with Gasteiger partial charge in [0.25, 0.3) is 0 Å². The van der Waals surface area contributed by atoms with E-state index in [4.69, 9.17) is 14.6 Å². The number of hydrogen-bond donors (Lipinski definition) is 2. The number of ether oxygens (including phenoxy) is 2. The maximum atomic E-state index is 12.8. The van der Waals surface area contributed by atoms with Gasteiger partial charge in [-0.2, -0.15) is 0 Å². The first-order valence-electron chi connectivity index (χ1n) is 10.6. The van der Waals surface area contributed by atoms with Gasteiger partial charge in [0.1, 0.15) is 5.75 Å². The van der Waals surface area contributed by atoms with Gasteiger partial charge in [0.05, 0.1) is 0 Å². The Morgan fingerprint density at radius 2 is 1.59 bits per heavy atom. The minimum absolute atomic E-state index is 0.0723. The van der Waals surface area contributed by atoms with E-state index in [0.29, 0.717) is 18.6 Å². The molecule has 2 N–H and O–H groups in total. The van der Waals surface area contributed by atoms with Crippen LogP contribution in [0.3, 0.4) is 0 Å². The second-order valence-corrected chi connectivity index (χ2v) is 7.77. The zero-order chi connectivity index (χ0) is 22.3. The highest BCUT2D eigenvalue weighted by Gasteiger charge is 2.25. The lowest BCUT2D eigenvalue weighted by Crippen LogP contribution is -2.39. The molecule has 32 heavy (non-hydrogen) atoms. The van der Waals surface area contributed by atoms with Gasteiger partial charge in [-0.05, 0) is 47.6 Å². The summed E-state index contributed by atoms with van der Waals surface area (Å²) in [5.41, 5.74) is 3.87. The van der Waals surface area contributed by atoms with Crippen molar-refractivity contribution in [1.82, 2.24) is 5.32 Å². The van der Waals surface area contributed by atoms with Crippen LogP contribution in [-0.2, 0) is 22.4 Å². The number of carbonyl (C=O) groups excluding carboxylic acids is 1. The number of amides is 1. The van der Waals surface area contributed by atoms with E-state index in [0.717, 1.165) is 28.7 Å². The van der Waals surface area contributed by atoms with Crippen molar-refractivity contribution < 1.29 is 24.2 Å². The summed E-state index contributed by atoms with van der Waals surface area (Å²) >= 11 is 0. The van der Waals surface area contributed by atoms with E-state index in [9.17, 15) is 9.59 Å². The Labute approximate surface area is 186 Å². The molecule has 0 bridgehead atoms. The number of nitrogens with one attached hydrogen (secondary N) is 1. The van der Waals surface area contributed by atoms with Crippen LogP contribution in [0.15, 0.2) is 78.9 Å². The predicted molar refractivity (Wildman–Crippen MR) is 120 cm³/mol. The molecule has 0 aromatic heterocycles. The van der Waals surface area contributed by atoms with E-state index in [1.54, 1.807) is 6.07 Å². The number of alkyl carbamates (subject to hydrolysis) is 1. The molecule has 3 aromatic rings. The number of rotatable bonds is 7. The number of carbonyl (C=O) groups is 2. The van der Waals surface area contributed by atoms with Gasteiger partial charge < -0.3 is 19.9 Å².